The van der Waals surface area contributed by atoms with Gasteiger partial charge >= 0.3 is 5.69 Å². The van der Waals surface area contributed by atoms with Crippen LogP contribution < -0.4 is 20.3 Å². The van der Waals surface area contributed by atoms with Gasteiger partial charge in [0.25, 0.3) is 5.91 Å². The maximum absolute atomic E-state index is 12.8. The maximum Gasteiger partial charge on any atom is 0.311 e. The number of thiophene rings is 1. The molecule has 2 aliphatic rings. The van der Waals surface area contributed by atoms with Gasteiger partial charge in [0.05, 0.1) is 35.1 Å². The molecule has 3 heterocycles. The number of nitrogens with zero attached hydrogens (tertiary/aromatic N) is 1. The SMILES string of the molecule is COc1ccc([C@@H]2NC(=O)c3c(sc4c3CC[NH+](C(C)C)C4)N2)cc1[N+](=O)[O-]. The highest BCUT2D eigenvalue weighted by atomic mass is 32.1. The van der Waals surface area contributed by atoms with E-state index in [0.29, 0.717) is 11.6 Å². The summed E-state index contributed by atoms with van der Waals surface area (Å²) in [6.07, 6.45) is 0.376. The molecule has 2 aliphatic heterocycles. The Morgan fingerprint density at radius 1 is 1.36 bits per heavy atom. The van der Waals surface area contributed by atoms with Crippen LogP contribution in [0.5, 0.6) is 5.75 Å². The van der Waals surface area contributed by atoms with E-state index in [-0.39, 0.29) is 17.3 Å². The summed E-state index contributed by atoms with van der Waals surface area (Å²) in [5.74, 6) is 0.0719. The number of benzene rings is 1. The summed E-state index contributed by atoms with van der Waals surface area (Å²) in [5.41, 5.74) is 2.38. The largest absolute Gasteiger partial charge is 0.490 e. The summed E-state index contributed by atoms with van der Waals surface area (Å²) in [7, 11) is 1.40. The minimum atomic E-state index is -0.516. The molecule has 0 spiro atoms. The molecule has 4 rings (SSSR count). The summed E-state index contributed by atoms with van der Waals surface area (Å²) in [6.45, 7) is 6.38. The second-order valence-corrected chi connectivity index (χ2v) is 8.54. The molecule has 28 heavy (non-hydrogen) atoms. The van der Waals surface area contributed by atoms with E-state index in [1.54, 1.807) is 23.5 Å². The fourth-order valence-corrected chi connectivity index (χ4v) is 5.23. The van der Waals surface area contributed by atoms with Crippen LogP contribution in [0.2, 0.25) is 0 Å². The molecule has 0 bridgehead atoms. The number of fused-ring (bicyclic) bond motifs is 3. The summed E-state index contributed by atoms with van der Waals surface area (Å²) in [4.78, 5) is 26.5. The third-order valence-electron chi connectivity index (χ3n) is 5.50. The van der Waals surface area contributed by atoms with Gasteiger partial charge in [-0.25, -0.2) is 0 Å². The van der Waals surface area contributed by atoms with E-state index in [0.717, 1.165) is 35.6 Å². The van der Waals surface area contributed by atoms with Crippen LogP contribution in [0.1, 0.15) is 46.4 Å². The number of nitro benzene ring substituents is 1. The molecule has 0 aliphatic carbocycles. The lowest BCUT2D eigenvalue weighted by Crippen LogP contribution is -3.14. The number of amides is 1. The van der Waals surface area contributed by atoms with E-state index in [1.165, 1.54) is 23.0 Å². The molecule has 1 amide bonds. The molecular weight excluding hydrogens is 380 g/mol. The van der Waals surface area contributed by atoms with Gasteiger partial charge in [-0.05, 0) is 25.5 Å². The van der Waals surface area contributed by atoms with E-state index in [1.807, 2.05) is 0 Å². The van der Waals surface area contributed by atoms with Crippen molar-refractivity contribution in [1.29, 1.82) is 0 Å². The number of nitrogens with one attached hydrogen (secondary N) is 3. The van der Waals surface area contributed by atoms with Crippen LogP contribution in [0.15, 0.2) is 18.2 Å². The summed E-state index contributed by atoms with van der Waals surface area (Å²) >= 11 is 1.63. The average Bonchev–Trinajstić information content (AvgIpc) is 3.05. The lowest BCUT2D eigenvalue weighted by atomic mass is 9.99. The van der Waals surface area contributed by atoms with E-state index < -0.39 is 11.1 Å². The van der Waals surface area contributed by atoms with Gasteiger partial charge < -0.3 is 20.3 Å². The molecule has 1 aromatic carbocycles. The normalized spacial score (nSPS) is 20.8. The number of quaternary nitrogens is 1. The Kier molecular flexibility index (Phi) is 4.72. The van der Waals surface area contributed by atoms with Crippen LogP contribution in [0, 0.1) is 10.1 Å². The van der Waals surface area contributed by atoms with E-state index in [4.69, 9.17) is 4.74 Å². The van der Waals surface area contributed by atoms with Gasteiger partial charge in [0.2, 0.25) is 0 Å². The van der Waals surface area contributed by atoms with Gasteiger partial charge in [0, 0.05) is 18.1 Å². The predicted octanol–water partition coefficient (Wildman–Crippen LogP) is 1.87. The molecule has 9 heteroatoms. The zero-order valence-electron chi connectivity index (χ0n) is 16.0. The number of hydrogen-bond acceptors (Lipinski definition) is 6. The van der Waals surface area contributed by atoms with Gasteiger partial charge in [0.15, 0.2) is 5.75 Å². The minimum absolute atomic E-state index is 0.122. The van der Waals surface area contributed by atoms with Crippen molar-refractivity contribution < 1.29 is 19.4 Å². The summed E-state index contributed by atoms with van der Waals surface area (Å²) < 4.78 is 5.06. The van der Waals surface area contributed by atoms with Crippen molar-refractivity contribution in [2.75, 3.05) is 19.0 Å². The second-order valence-electron chi connectivity index (χ2n) is 7.44. The highest BCUT2D eigenvalue weighted by molar-refractivity contribution is 7.16. The minimum Gasteiger partial charge on any atom is -0.490 e. The predicted molar refractivity (Wildman–Crippen MR) is 106 cm³/mol. The number of hydrogen-bond donors (Lipinski definition) is 3. The third-order valence-corrected chi connectivity index (χ3v) is 6.67. The molecule has 3 N–H and O–H groups in total. The molecule has 0 saturated heterocycles. The monoisotopic (exact) mass is 403 g/mol. The zero-order valence-corrected chi connectivity index (χ0v) is 16.8. The topological polar surface area (TPSA) is 97.9 Å². The first-order valence-electron chi connectivity index (χ1n) is 9.28. The van der Waals surface area contributed by atoms with Crippen molar-refractivity contribution in [3.8, 4) is 5.75 Å². The molecule has 2 atom stereocenters. The van der Waals surface area contributed by atoms with Crippen molar-refractivity contribution >= 4 is 27.9 Å². The van der Waals surface area contributed by atoms with Crippen molar-refractivity contribution in [3.05, 3.63) is 49.9 Å². The number of rotatable bonds is 4. The Labute approximate surface area is 166 Å². The first kappa shape index (κ1) is 18.7. The number of nitro groups is 1. The molecule has 8 nitrogen and oxygen atoms in total. The zero-order chi connectivity index (χ0) is 20.0. The van der Waals surface area contributed by atoms with Crippen LogP contribution in [0.4, 0.5) is 10.7 Å². The van der Waals surface area contributed by atoms with Crippen LogP contribution in [0.3, 0.4) is 0 Å². The first-order valence-corrected chi connectivity index (χ1v) is 10.1. The smallest absolute Gasteiger partial charge is 0.311 e. The van der Waals surface area contributed by atoms with Gasteiger partial charge in [-0.3, -0.25) is 14.9 Å². The number of anilines is 1. The molecule has 0 saturated carbocycles. The molecule has 0 radical (unpaired) electrons. The molecule has 1 unspecified atom stereocenters. The van der Waals surface area contributed by atoms with Crippen molar-refractivity contribution in [3.63, 3.8) is 0 Å². The van der Waals surface area contributed by atoms with E-state index >= 15 is 0 Å². The van der Waals surface area contributed by atoms with Crippen LogP contribution >= 0.6 is 11.3 Å². The van der Waals surface area contributed by atoms with Crippen molar-refractivity contribution in [1.82, 2.24) is 5.32 Å². The number of ether oxygens (including phenoxy) is 1. The van der Waals surface area contributed by atoms with Crippen LogP contribution in [-0.4, -0.2) is 30.5 Å². The number of methoxy groups -OCH3 is 1. The third kappa shape index (κ3) is 3.10. The van der Waals surface area contributed by atoms with Crippen molar-refractivity contribution in [2.24, 2.45) is 0 Å². The van der Waals surface area contributed by atoms with Gasteiger partial charge in [-0.1, -0.05) is 6.07 Å². The second kappa shape index (κ2) is 7.06. The highest BCUT2D eigenvalue weighted by Gasteiger charge is 2.35. The van der Waals surface area contributed by atoms with E-state index in [9.17, 15) is 14.9 Å². The lowest BCUT2D eigenvalue weighted by molar-refractivity contribution is -0.936. The Morgan fingerprint density at radius 3 is 2.82 bits per heavy atom. The molecule has 148 valence electrons. The Morgan fingerprint density at radius 2 is 2.14 bits per heavy atom. The fourth-order valence-electron chi connectivity index (χ4n) is 3.90. The standard InChI is InChI=1S/C19H22N4O4S/c1-10(2)22-7-6-12-15(9-22)28-19-16(12)18(24)20-17(21-19)11-4-5-14(27-3)13(8-11)23(25)26/h4-5,8,10,17,21H,6-7,9H2,1-3H3,(H,20,24)/p+1/t17-/m1/s1. The van der Waals surface area contributed by atoms with Gasteiger partial charge in [-0.15, -0.1) is 11.3 Å². The average molecular weight is 403 g/mol. The van der Waals surface area contributed by atoms with Gasteiger partial charge in [-0.2, -0.15) is 0 Å². The van der Waals surface area contributed by atoms with Crippen molar-refractivity contribution in [2.45, 2.75) is 39.0 Å². The maximum atomic E-state index is 12.8. The molecule has 0 fully saturated rings. The molecule has 2 aromatic rings. The molecule has 1 aromatic heterocycles. The quantitative estimate of drug-likeness (QED) is 0.535. The number of carbonyl (C=O) groups excluding carboxylic acids is 1. The highest BCUT2D eigenvalue weighted by Crippen LogP contribution is 2.40. The van der Waals surface area contributed by atoms with Crippen LogP contribution in [-0.2, 0) is 13.0 Å². The Bertz CT molecular complexity index is 956. The Hall–Kier alpha value is -2.65. The lowest BCUT2D eigenvalue weighted by Gasteiger charge is -2.28. The summed E-state index contributed by atoms with van der Waals surface area (Å²) in [5, 5.41) is 18.5. The number of carbonyl (C=O) groups is 1. The molecular formula is C19H23N4O4S+. The van der Waals surface area contributed by atoms with Gasteiger partial charge in [0.1, 0.15) is 17.7 Å². The fraction of sp³-hybridized carbons (Fsp3) is 0.421. The summed E-state index contributed by atoms with van der Waals surface area (Å²) in [6, 6.07) is 5.27. The first-order chi connectivity index (χ1) is 13.4. The van der Waals surface area contributed by atoms with Crippen LogP contribution in [0.25, 0.3) is 0 Å². The Balaban J connectivity index is 1.65. The van der Waals surface area contributed by atoms with E-state index in [2.05, 4.69) is 24.5 Å².